The van der Waals surface area contributed by atoms with Crippen molar-refractivity contribution >= 4 is 28.6 Å². The number of aromatic nitrogens is 1. The van der Waals surface area contributed by atoms with Crippen LogP contribution in [0.2, 0.25) is 0 Å². The Morgan fingerprint density at radius 2 is 1.96 bits per heavy atom. The minimum absolute atomic E-state index is 0.270. The van der Waals surface area contributed by atoms with Crippen molar-refractivity contribution < 1.29 is 9.53 Å². The van der Waals surface area contributed by atoms with Gasteiger partial charge in [-0.3, -0.25) is 4.98 Å². The fourth-order valence-electron chi connectivity index (χ4n) is 2.81. The molecular weight excluding hydrogens is 300 g/mol. The molecule has 1 aliphatic heterocycles. The van der Waals surface area contributed by atoms with Gasteiger partial charge in [-0.2, -0.15) is 0 Å². The largest absolute Gasteiger partial charge is 0.459 e. The lowest BCUT2D eigenvalue weighted by molar-refractivity contribution is -0.144. The molecule has 0 bridgehead atoms. The molecule has 0 aliphatic carbocycles. The van der Waals surface area contributed by atoms with E-state index in [9.17, 15) is 4.79 Å². The zero-order chi connectivity index (χ0) is 16.4. The van der Waals surface area contributed by atoms with Gasteiger partial charge in [0.2, 0.25) is 0 Å². The Bertz CT molecular complexity index is 919. The number of nitrogens with zero attached hydrogens (tertiary/aromatic N) is 1. The topological polar surface area (TPSA) is 51.2 Å². The van der Waals surface area contributed by atoms with Gasteiger partial charge in [0.15, 0.2) is 0 Å². The van der Waals surface area contributed by atoms with Gasteiger partial charge >= 0.3 is 5.97 Å². The van der Waals surface area contributed by atoms with Gasteiger partial charge in [0.1, 0.15) is 12.6 Å². The molecule has 2 heterocycles. The number of pyridine rings is 1. The number of carbonyl (C=O) groups excluding carboxylic acids is 1. The predicted molar refractivity (Wildman–Crippen MR) is 94.4 cm³/mol. The van der Waals surface area contributed by atoms with Crippen molar-refractivity contribution in [3.05, 3.63) is 78.0 Å². The van der Waals surface area contributed by atoms with Crippen LogP contribution in [0, 0.1) is 0 Å². The molecular formula is C20H16N2O2. The monoisotopic (exact) mass is 316 g/mol. The molecule has 118 valence electrons. The highest BCUT2D eigenvalue weighted by Gasteiger charge is 2.22. The van der Waals surface area contributed by atoms with E-state index in [0.717, 1.165) is 27.7 Å². The Balaban J connectivity index is 1.53. The molecule has 1 aromatic heterocycles. The summed E-state index contributed by atoms with van der Waals surface area (Å²) in [6.45, 7) is 0.270. The van der Waals surface area contributed by atoms with Crippen LogP contribution in [0.25, 0.3) is 17.0 Å². The number of rotatable bonds is 3. The summed E-state index contributed by atoms with van der Waals surface area (Å²) in [7, 11) is 0. The normalized spacial score (nSPS) is 15.6. The zero-order valence-corrected chi connectivity index (χ0v) is 13.0. The molecule has 0 fully saturated rings. The van der Waals surface area contributed by atoms with Crippen LogP contribution >= 0.6 is 0 Å². The van der Waals surface area contributed by atoms with Gasteiger partial charge in [-0.15, -0.1) is 0 Å². The molecule has 0 radical (unpaired) electrons. The lowest BCUT2D eigenvalue weighted by atomic mass is 10.0. The number of carbonyl (C=O) groups is 1. The van der Waals surface area contributed by atoms with Crippen LogP contribution in [0.15, 0.2) is 66.9 Å². The Kier molecular flexibility index (Phi) is 3.71. The van der Waals surface area contributed by atoms with Crippen LogP contribution in [0.4, 0.5) is 5.69 Å². The van der Waals surface area contributed by atoms with E-state index in [2.05, 4.69) is 10.3 Å². The third kappa shape index (κ3) is 2.74. The second kappa shape index (κ2) is 6.16. The highest BCUT2D eigenvalue weighted by Crippen LogP contribution is 2.30. The SMILES string of the molecule is O=C(OCc1ccccc1)C1C=Cc2ccc3cccnc3c2N1. The summed E-state index contributed by atoms with van der Waals surface area (Å²) in [5, 5.41) is 4.29. The van der Waals surface area contributed by atoms with Gasteiger partial charge in [-0.05, 0) is 17.2 Å². The highest BCUT2D eigenvalue weighted by atomic mass is 16.5. The van der Waals surface area contributed by atoms with Gasteiger partial charge in [0.05, 0.1) is 11.2 Å². The summed E-state index contributed by atoms with van der Waals surface area (Å²) in [5.41, 5.74) is 3.73. The minimum atomic E-state index is -0.506. The van der Waals surface area contributed by atoms with Gasteiger partial charge in [0.25, 0.3) is 0 Å². The minimum Gasteiger partial charge on any atom is -0.459 e. The average Bonchev–Trinajstić information content (AvgIpc) is 2.66. The molecule has 2 aromatic carbocycles. The van der Waals surface area contributed by atoms with Crippen LogP contribution in [0.5, 0.6) is 0 Å². The Morgan fingerprint density at radius 1 is 1.08 bits per heavy atom. The first-order valence-corrected chi connectivity index (χ1v) is 7.84. The molecule has 1 N–H and O–H groups in total. The van der Waals surface area contributed by atoms with E-state index < -0.39 is 6.04 Å². The maximum atomic E-state index is 12.4. The van der Waals surface area contributed by atoms with Crippen LogP contribution in [-0.2, 0) is 16.1 Å². The number of esters is 1. The van der Waals surface area contributed by atoms with Crippen molar-refractivity contribution in [3.63, 3.8) is 0 Å². The maximum Gasteiger partial charge on any atom is 0.332 e. The smallest absolute Gasteiger partial charge is 0.332 e. The standard InChI is InChI=1S/C20H16N2O2/c23-20(24-13-14-5-2-1-3-6-14)17-11-10-16-9-8-15-7-4-12-21-18(15)19(16)22-17/h1-12,17,22H,13H2. The third-order valence-corrected chi connectivity index (χ3v) is 4.05. The molecule has 1 aliphatic rings. The first-order valence-electron chi connectivity index (χ1n) is 7.84. The van der Waals surface area contributed by atoms with E-state index in [1.807, 2.05) is 66.7 Å². The summed E-state index contributed by atoms with van der Waals surface area (Å²) in [6.07, 6.45) is 5.52. The Morgan fingerprint density at radius 3 is 2.83 bits per heavy atom. The lowest BCUT2D eigenvalue weighted by Gasteiger charge is -2.22. The quantitative estimate of drug-likeness (QED) is 0.747. The molecule has 0 amide bonds. The van der Waals surface area contributed by atoms with E-state index in [1.165, 1.54) is 0 Å². The third-order valence-electron chi connectivity index (χ3n) is 4.05. The van der Waals surface area contributed by atoms with Gasteiger partial charge in [-0.25, -0.2) is 4.79 Å². The van der Waals surface area contributed by atoms with Gasteiger partial charge in [-0.1, -0.05) is 60.7 Å². The fraction of sp³-hybridized carbons (Fsp3) is 0.100. The number of benzene rings is 2. The summed E-state index contributed by atoms with van der Waals surface area (Å²) in [5.74, 6) is -0.298. The van der Waals surface area contributed by atoms with E-state index in [1.54, 1.807) is 6.20 Å². The second-order valence-corrected chi connectivity index (χ2v) is 5.68. The first-order chi connectivity index (χ1) is 11.8. The number of fused-ring (bicyclic) bond motifs is 3. The van der Waals surface area contributed by atoms with Crippen molar-refractivity contribution in [1.29, 1.82) is 0 Å². The average molecular weight is 316 g/mol. The summed E-state index contributed by atoms with van der Waals surface area (Å²) < 4.78 is 5.42. The van der Waals surface area contributed by atoms with Crippen molar-refractivity contribution in [1.82, 2.24) is 4.98 Å². The lowest BCUT2D eigenvalue weighted by Crippen LogP contribution is -2.31. The van der Waals surface area contributed by atoms with Crippen LogP contribution in [-0.4, -0.2) is 17.0 Å². The fourth-order valence-corrected chi connectivity index (χ4v) is 2.81. The molecule has 1 unspecified atom stereocenters. The van der Waals surface area contributed by atoms with Crippen molar-refractivity contribution in [3.8, 4) is 0 Å². The summed E-state index contributed by atoms with van der Waals surface area (Å²) in [6, 6.07) is 17.1. The van der Waals surface area contributed by atoms with Gasteiger partial charge in [0, 0.05) is 11.6 Å². The zero-order valence-electron chi connectivity index (χ0n) is 13.0. The molecule has 24 heavy (non-hydrogen) atoms. The molecule has 3 aromatic rings. The van der Waals surface area contributed by atoms with E-state index in [-0.39, 0.29) is 12.6 Å². The molecule has 0 saturated carbocycles. The number of hydrogen-bond acceptors (Lipinski definition) is 4. The van der Waals surface area contributed by atoms with Crippen LogP contribution < -0.4 is 5.32 Å². The molecule has 0 spiro atoms. The van der Waals surface area contributed by atoms with Crippen LogP contribution in [0.3, 0.4) is 0 Å². The molecule has 0 saturated heterocycles. The number of hydrogen-bond donors (Lipinski definition) is 1. The van der Waals surface area contributed by atoms with E-state index >= 15 is 0 Å². The number of nitrogens with one attached hydrogen (secondary N) is 1. The summed E-state index contributed by atoms with van der Waals surface area (Å²) in [4.78, 5) is 16.8. The van der Waals surface area contributed by atoms with Crippen molar-refractivity contribution in [2.45, 2.75) is 12.6 Å². The highest BCUT2D eigenvalue weighted by molar-refractivity contribution is 5.99. The van der Waals surface area contributed by atoms with Crippen molar-refractivity contribution in [2.24, 2.45) is 0 Å². The number of ether oxygens (including phenoxy) is 1. The molecule has 4 nitrogen and oxygen atoms in total. The number of anilines is 1. The predicted octanol–water partition coefficient (Wildman–Crippen LogP) is 3.79. The van der Waals surface area contributed by atoms with Crippen molar-refractivity contribution in [2.75, 3.05) is 5.32 Å². The molecule has 4 heteroatoms. The maximum absolute atomic E-state index is 12.4. The van der Waals surface area contributed by atoms with Crippen LogP contribution in [0.1, 0.15) is 11.1 Å². The van der Waals surface area contributed by atoms with E-state index in [4.69, 9.17) is 4.74 Å². The molecule has 1 atom stereocenters. The van der Waals surface area contributed by atoms with Gasteiger partial charge < -0.3 is 10.1 Å². The first kappa shape index (κ1) is 14.5. The summed E-state index contributed by atoms with van der Waals surface area (Å²) >= 11 is 0. The second-order valence-electron chi connectivity index (χ2n) is 5.68. The molecule has 4 rings (SSSR count). The Hall–Kier alpha value is -3.14. The Labute approximate surface area is 139 Å². The van der Waals surface area contributed by atoms with E-state index in [0.29, 0.717) is 0 Å².